The van der Waals surface area contributed by atoms with Crippen molar-refractivity contribution in [2.45, 2.75) is 45.7 Å². The van der Waals surface area contributed by atoms with E-state index >= 15 is 0 Å². The van der Waals surface area contributed by atoms with E-state index in [0.717, 1.165) is 29.8 Å². The lowest BCUT2D eigenvalue weighted by Gasteiger charge is -2.16. The molecule has 0 aliphatic rings. The standard InChI is InChI=1S/C27H28F3NO5/c1-3-18-7-5-8-20(15-25(32)33)26(18)35-14-6-9-19-10-12-22(16-23(19)34-4-2)36-24-13-11-21(17-31-24)27(28,29)30/h5,7-8,10-13,16-17H,3-4,6,9,14-15H2,1-2H3,(H,32,33). The van der Waals surface area contributed by atoms with Gasteiger partial charge in [0.05, 0.1) is 25.2 Å². The van der Waals surface area contributed by atoms with Crippen LogP contribution in [0.1, 0.15) is 42.5 Å². The van der Waals surface area contributed by atoms with Crippen molar-refractivity contribution in [2.24, 2.45) is 0 Å². The van der Waals surface area contributed by atoms with Crippen molar-refractivity contribution in [3.8, 4) is 23.1 Å². The molecule has 0 atom stereocenters. The van der Waals surface area contributed by atoms with Gasteiger partial charge in [-0.3, -0.25) is 4.79 Å². The van der Waals surface area contributed by atoms with E-state index in [2.05, 4.69) is 4.98 Å². The molecule has 0 bridgehead atoms. The Labute approximate surface area is 207 Å². The fourth-order valence-corrected chi connectivity index (χ4v) is 3.66. The summed E-state index contributed by atoms with van der Waals surface area (Å²) in [5.41, 5.74) is 1.68. The summed E-state index contributed by atoms with van der Waals surface area (Å²) in [6, 6.07) is 12.8. The summed E-state index contributed by atoms with van der Waals surface area (Å²) in [6.45, 7) is 4.66. The second kappa shape index (κ2) is 12.3. The smallest absolute Gasteiger partial charge is 0.417 e. The molecule has 0 aliphatic carbocycles. The molecular formula is C27H28F3NO5. The maximum atomic E-state index is 12.7. The van der Waals surface area contributed by atoms with E-state index in [1.165, 1.54) is 6.07 Å². The van der Waals surface area contributed by atoms with Crippen LogP contribution < -0.4 is 14.2 Å². The SMILES string of the molecule is CCOc1cc(Oc2ccc(C(F)(F)F)cn2)ccc1CCCOc1c(CC)cccc1CC(=O)O. The summed E-state index contributed by atoms with van der Waals surface area (Å²) in [6.07, 6.45) is -1.82. The number of ether oxygens (including phenoxy) is 3. The van der Waals surface area contributed by atoms with Crippen LogP contribution >= 0.6 is 0 Å². The number of carboxylic acid groups (broad SMARTS) is 1. The molecule has 6 nitrogen and oxygen atoms in total. The highest BCUT2D eigenvalue weighted by Gasteiger charge is 2.30. The van der Waals surface area contributed by atoms with Gasteiger partial charge >= 0.3 is 12.1 Å². The summed E-state index contributed by atoms with van der Waals surface area (Å²) in [7, 11) is 0. The topological polar surface area (TPSA) is 77.9 Å². The zero-order valence-corrected chi connectivity index (χ0v) is 20.1. The third kappa shape index (κ3) is 7.37. The molecule has 192 valence electrons. The van der Waals surface area contributed by atoms with Crippen LogP contribution in [0.25, 0.3) is 0 Å². The van der Waals surface area contributed by atoms with Crippen LogP contribution in [0.4, 0.5) is 13.2 Å². The number of benzene rings is 2. The fraction of sp³-hybridized carbons (Fsp3) is 0.333. The minimum Gasteiger partial charge on any atom is -0.493 e. The van der Waals surface area contributed by atoms with E-state index in [1.54, 1.807) is 18.2 Å². The molecule has 0 aliphatic heterocycles. The zero-order valence-electron chi connectivity index (χ0n) is 20.1. The van der Waals surface area contributed by atoms with Gasteiger partial charge in [-0.15, -0.1) is 0 Å². The largest absolute Gasteiger partial charge is 0.493 e. The first-order chi connectivity index (χ1) is 17.2. The van der Waals surface area contributed by atoms with E-state index in [1.807, 2.05) is 32.0 Å². The van der Waals surface area contributed by atoms with Gasteiger partial charge in [0.1, 0.15) is 17.2 Å². The molecule has 3 rings (SSSR count). The molecule has 0 amide bonds. The lowest BCUT2D eigenvalue weighted by atomic mass is 10.0. The molecule has 1 aromatic heterocycles. The van der Waals surface area contributed by atoms with Crippen LogP contribution in [0.15, 0.2) is 54.7 Å². The molecule has 0 saturated heterocycles. The molecule has 9 heteroatoms. The van der Waals surface area contributed by atoms with Crippen molar-refractivity contribution < 1.29 is 37.3 Å². The van der Waals surface area contributed by atoms with Gasteiger partial charge in [0.2, 0.25) is 5.88 Å². The number of carbonyl (C=O) groups is 1. The van der Waals surface area contributed by atoms with Crippen molar-refractivity contribution >= 4 is 5.97 Å². The van der Waals surface area contributed by atoms with Crippen LogP contribution in [0.5, 0.6) is 23.1 Å². The first kappa shape index (κ1) is 26.8. The van der Waals surface area contributed by atoms with Gasteiger partial charge in [0, 0.05) is 23.9 Å². The number of aliphatic carboxylic acids is 1. The molecule has 0 saturated carbocycles. The van der Waals surface area contributed by atoms with Crippen molar-refractivity contribution in [1.82, 2.24) is 4.98 Å². The Kier molecular flexibility index (Phi) is 9.16. The molecule has 3 aromatic rings. The van der Waals surface area contributed by atoms with Gasteiger partial charge in [0.25, 0.3) is 0 Å². The molecule has 1 N–H and O–H groups in total. The minimum atomic E-state index is -4.46. The number of pyridine rings is 1. The summed E-state index contributed by atoms with van der Waals surface area (Å²) >= 11 is 0. The summed E-state index contributed by atoms with van der Waals surface area (Å²) in [4.78, 5) is 14.9. The molecule has 1 heterocycles. The molecule has 36 heavy (non-hydrogen) atoms. The number of hydrogen-bond donors (Lipinski definition) is 1. The summed E-state index contributed by atoms with van der Waals surface area (Å²) in [5, 5.41) is 9.19. The van der Waals surface area contributed by atoms with Crippen LogP contribution in [0, 0.1) is 0 Å². The van der Waals surface area contributed by atoms with E-state index < -0.39 is 17.7 Å². The van der Waals surface area contributed by atoms with Gasteiger partial charge in [0.15, 0.2) is 0 Å². The molecule has 0 fully saturated rings. The highest BCUT2D eigenvalue weighted by atomic mass is 19.4. The third-order valence-electron chi connectivity index (χ3n) is 5.36. The second-order valence-corrected chi connectivity index (χ2v) is 7.97. The van der Waals surface area contributed by atoms with Gasteiger partial charge in [-0.05, 0) is 49.4 Å². The predicted octanol–water partition coefficient (Wildman–Crippen LogP) is 6.49. The number of halogens is 3. The maximum absolute atomic E-state index is 12.7. The number of nitrogens with zero attached hydrogens (tertiary/aromatic N) is 1. The van der Waals surface area contributed by atoms with Crippen molar-refractivity contribution in [3.63, 3.8) is 0 Å². The Bertz CT molecular complexity index is 1160. The van der Waals surface area contributed by atoms with Crippen molar-refractivity contribution in [3.05, 3.63) is 77.0 Å². The first-order valence-electron chi connectivity index (χ1n) is 11.6. The van der Waals surface area contributed by atoms with Crippen LogP contribution in [0.2, 0.25) is 0 Å². The van der Waals surface area contributed by atoms with E-state index in [9.17, 15) is 23.1 Å². The van der Waals surface area contributed by atoms with Crippen LogP contribution in [-0.4, -0.2) is 29.3 Å². The molecular weight excluding hydrogens is 475 g/mol. The van der Waals surface area contributed by atoms with Gasteiger partial charge < -0.3 is 19.3 Å². The number of alkyl halides is 3. The normalized spacial score (nSPS) is 11.2. The fourth-order valence-electron chi connectivity index (χ4n) is 3.66. The molecule has 2 aromatic carbocycles. The van der Waals surface area contributed by atoms with Gasteiger partial charge in [-0.1, -0.05) is 31.2 Å². The monoisotopic (exact) mass is 503 g/mol. The van der Waals surface area contributed by atoms with Crippen molar-refractivity contribution in [1.29, 1.82) is 0 Å². The first-order valence-corrected chi connectivity index (χ1v) is 11.6. The lowest BCUT2D eigenvalue weighted by Crippen LogP contribution is -2.08. The van der Waals surface area contributed by atoms with Gasteiger partial charge in [-0.25, -0.2) is 4.98 Å². The van der Waals surface area contributed by atoms with E-state index in [-0.39, 0.29) is 12.3 Å². The molecule has 0 unspecified atom stereocenters. The van der Waals surface area contributed by atoms with Crippen molar-refractivity contribution in [2.75, 3.05) is 13.2 Å². The average molecular weight is 504 g/mol. The number of aryl methyl sites for hydroxylation is 2. The number of hydrogen-bond acceptors (Lipinski definition) is 5. The Morgan fingerprint density at radius 2 is 1.78 bits per heavy atom. The highest BCUT2D eigenvalue weighted by Crippen LogP contribution is 2.32. The zero-order chi connectivity index (χ0) is 26.1. The Morgan fingerprint density at radius 1 is 1.00 bits per heavy atom. The summed E-state index contributed by atoms with van der Waals surface area (Å²) in [5.74, 6) is 0.741. The Balaban J connectivity index is 1.64. The Morgan fingerprint density at radius 3 is 2.42 bits per heavy atom. The number of carboxylic acids is 1. The lowest BCUT2D eigenvalue weighted by molar-refractivity contribution is -0.138. The second-order valence-electron chi connectivity index (χ2n) is 7.97. The number of rotatable bonds is 12. The van der Waals surface area contributed by atoms with Crippen LogP contribution in [-0.2, 0) is 30.2 Å². The van der Waals surface area contributed by atoms with E-state index in [0.29, 0.717) is 48.9 Å². The third-order valence-corrected chi connectivity index (χ3v) is 5.36. The minimum absolute atomic E-state index is 0.0401. The van der Waals surface area contributed by atoms with E-state index in [4.69, 9.17) is 14.2 Å². The van der Waals surface area contributed by atoms with Gasteiger partial charge in [-0.2, -0.15) is 13.2 Å². The quantitative estimate of drug-likeness (QED) is 0.285. The molecule has 0 spiro atoms. The molecule has 0 radical (unpaired) electrons. The number of para-hydroxylation sites is 1. The predicted molar refractivity (Wildman–Crippen MR) is 128 cm³/mol. The maximum Gasteiger partial charge on any atom is 0.417 e. The highest BCUT2D eigenvalue weighted by molar-refractivity contribution is 5.71. The Hall–Kier alpha value is -3.75. The summed E-state index contributed by atoms with van der Waals surface area (Å²) < 4.78 is 55.5. The number of aromatic nitrogens is 1. The average Bonchev–Trinajstić information content (AvgIpc) is 2.83. The van der Waals surface area contributed by atoms with Crippen LogP contribution in [0.3, 0.4) is 0 Å².